The molecule has 1 saturated carbocycles. The third kappa shape index (κ3) is 4.50. The Balaban J connectivity index is 1.47. The summed E-state index contributed by atoms with van der Waals surface area (Å²) in [5.74, 6) is 0.308. The first-order valence-corrected chi connectivity index (χ1v) is 10.7. The van der Waals surface area contributed by atoms with Crippen molar-refractivity contribution in [3.8, 4) is 0 Å². The van der Waals surface area contributed by atoms with Gasteiger partial charge in [-0.2, -0.15) is 32.7 Å². The standard InChI is InChI=1S/C17H14F6IN5O/c18-16(19,20)9-3-8(4-10(5-9)17(21,22)23)15-27-24-29(28-15)2-1-13(30)26-14-11-6-25-7-12(11)14/h1-5,11-12,14,25H,6-7H2,(H,26,30)/b2-1-. The number of fused-ring (bicyclic) bond motifs is 1. The van der Waals surface area contributed by atoms with Crippen molar-refractivity contribution in [1.29, 1.82) is 0 Å². The minimum atomic E-state index is -4.95. The van der Waals surface area contributed by atoms with Crippen molar-refractivity contribution in [2.24, 2.45) is 20.1 Å². The summed E-state index contributed by atoms with van der Waals surface area (Å²) in [5.41, 5.74) is -3.24. The van der Waals surface area contributed by atoms with Gasteiger partial charge >= 0.3 is 12.4 Å². The Morgan fingerprint density at radius 1 is 1.10 bits per heavy atom. The Bertz CT molecular complexity index is 915. The van der Waals surface area contributed by atoms with Crippen LogP contribution in [0.2, 0.25) is 0 Å². The van der Waals surface area contributed by atoms with Crippen LogP contribution >= 0.6 is 21.3 Å². The molecule has 0 radical (unpaired) electrons. The van der Waals surface area contributed by atoms with Crippen LogP contribution in [-0.2, 0) is 17.1 Å². The Hall–Kier alpha value is -2.03. The summed E-state index contributed by atoms with van der Waals surface area (Å²) in [7, 11) is 0. The van der Waals surface area contributed by atoms with E-state index in [-0.39, 0.29) is 29.4 Å². The molecule has 2 N–H and O–H groups in total. The fourth-order valence-corrected chi connectivity index (χ4v) is 4.83. The largest absolute Gasteiger partial charge is 0.416 e. The molecule has 4 rings (SSSR count). The highest BCUT2D eigenvalue weighted by atomic mass is 127. The molecule has 1 amide bonds. The van der Waals surface area contributed by atoms with Gasteiger partial charge in [-0.3, -0.25) is 4.79 Å². The van der Waals surface area contributed by atoms with E-state index in [2.05, 4.69) is 18.9 Å². The van der Waals surface area contributed by atoms with Gasteiger partial charge in [-0.05, 0) is 30.0 Å². The molecule has 2 atom stereocenters. The average Bonchev–Trinajstić information content (AvgIpc) is 3.08. The molecule has 1 aliphatic carbocycles. The van der Waals surface area contributed by atoms with E-state index in [1.165, 1.54) is 15.5 Å². The zero-order valence-electron chi connectivity index (χ0n) is 14.9. The number of carbonyl (C=O) groups excluding carboxylic acids is 1. The topological polar surface area (TPSA) is 69.1 Å². The molecule has 0 bridgehead atoms. The van der Waals surface area contributed by atoms with Crippen LogP contribution in [0.3, 0.4) is 0 Å². The fourth-order valence-electron chi connectivity index (χ4n) is 3.42. The molecule has 1 aromatic rings. The van der Waals surface area contributed by atoms with Crippen LogP contribution in [-0.4, -0.2) is 34.1 Å². The fraction of sp³-hybridized carbons (Fsp3) is 0.412. The number of hydrogen-bond acceptors (Lipinski definition) is 5. The molecule has 2 unspecified atom stereocenters. The lowest BCUT2D eigenvalue weighted by atomic mass is 10.0. The maximum atomic E-state index is 13.0. The summed E-state index contributed by atoms with van der Waals surface area (Å²) >= 11 is -1.20. The molecule has 30 heavy (non-hydrogen) atoms. The highest BCUT2D eigenvalue weighted by Crippen LogP contribution is 2.41. The summed E-state index contributed by atoms with van der Waals surface area (Å²) in [4.78, 5) is 12.0. The third-order valence-electron chi connectivity index (χ3n) is 4.98. The summed E-state index contributed by atoms with van der Waals surface area (Å²) in [6, 6.07) is 1.35. The maximum absolute atomic E-state index is 13.0. The van der Waals surface area contributed by atoms with Crippen LogP contribution in [0.25, 0.3) is 0 Å². The summed E-state index contributed by atoms with van der Waals surface area (Å²) in [5, 5.41) is 10.0. The second-order valence-corrected chi connectivity index (χ2v) is 8.91. The molecular formula is C17H14F6IN5O. The smallest absolute Gasteiger partial charge is 0.349 e. The first-order valence-electron chi connectivity index (χ1n) is 8.75. The highest BCUT2D eigenvalue weighted by Gasteiger charge is 2.53. The van der Waals surface area contributed by atoms with Gasteiger partial charge in [0.15, 0.2) is 5.84 Å². The quantitative estimate of drug-likeness (QED) is 0.263. The normalized spacial score (nSPS) is 25.9. The van der Waals surface area contributed by atoms with Gasteiger partial charge < -0.3 is 10.6 Å². The lowest BCUT2D eigenvalue weighted by Gasteiger charge is -2.13. The van der Waals surface area contributed by atoms with Crippen LogP contribution in [0, 0.1) is 11.8 Å². The van der Waals surface area contributed by atoms with Gasteiger partial charge in [-0.25, -0.2) is 0 Å². The Kier molecular flexibility index (Phi) is 5.36. The monoisotopic (exact) mass is 545 g/mol. The van der Waals surface area contributed by atoms with Crippen molar-refractivity contribution in [2.45, 2.75) is 18.4 Å². The second-order valence-electron chi connectivity index (χ2n) is 7.00. The Labute approximate surface area is 176 Å². The molecule has 6 nitrogen and oxygen atoms in total. The lowest BCUT2D eigenvalue weighted by molar-refractivity contribution is -0.143. The number of nitrogens with one attached hydrogen (secondary N) is 2. The number of halogens is 7. The van der Waals surface area contributed by atoms with Crippen molar-refractivity contribution in [3.63, 3.8) is 0 Å². The van der Waals surface area contributed by atoms with Crippen molar-refractivity contribution in [2.75, 3.05) is 13.1 Å². The van der Waals surface area contributed by atoms with Crippen LogP contribution in [0.15, 0.2) is 38.7 Å². The van der Waals surface area contributed by atoms with Crippen molar-refractivity contribution < 1.29 is 31.1 Å². The number of piperidine rings is 1. The molecule has 2 heterocycles. The second kappa shape index (κ2) is 7.59. The predicted octanol–water partition coefficient (Wildman–Crippen LogP) is 3.62. The van der Waals surface area contributed by atoms with E-state index in [4.69, 9.17) is 0 Å². The van der Waals surface area contributed by atoms with Gasteiger partial charge in [-0.15, -0.1) is 5.10 Å². The van der Waals surface area contributed by atoms with Crippen molar-refractivity contribution in [3.05, 3.63) is 47.2 Å². The molecule has 3 aliphatic rings. The van der Waals surface area contributed by atoms with Gasteiger partial charge in [0.2, 0.25) is 5.91 Å². The number of amides is 1. The van der Waals surface area contributed by atoms with Crippen molar-refractivity contribution >= 4 is 33.0 Å². The highest BCUT2D eigenvalue weighted by molar-refractivity contribution is 14.1. The molecule has 2 aliphatic heterocycles. The van der Waals surface area contributed by atoms with E-state index in [1.54, 1.807) is 0 Å². The van der Waals surface area contributed by atoms with Gasteiger partial charge in [0.05, 0.1) is 11.1 Å². The van der Waals surface area contributed by atoms with Gasteiger partial charge in [0.1, 0.15) is 21.3 Å². The van der Waals surface area contributed by atoms with Crippen LogP contribution in [0.1, 0.15) is 16.7 Å². The average molecular weight is 545 g/mol. The SMILES string of the molecule is O=C(/C=C\N1N=C(c2cc(C(F)(F)F)cc(C(F)(F)F)c2)N=I1)NC1C2CNCC21. The van der Waals surface area contributed by atoms with E-state index >= 15 is 0 Å². The number of rotatable bonds is 4. The van der Waals surface area contributed by atoms with E-state index < -0.39 is 44.8 Å². The molecule has 1 saturated heterocycles. The number of hydrogen-bond donors (Lipinski definition) is 2. The van der Waals surface area contributed by atoms with E-state index in [0.717, 1.165) is 13.1 Å². The number of amidine groups is 1. The number of benzene rings is 1. The van der Waals surface area contributed by atoms with Gasteiger partial charge in [0.25, 0.3) is 0 Å². The predicted molar refractivity (Wildman–Crippen MR) is 102 cm³/mol. The maximum Gasteiger partial charge on any atom is 0.416 e. The Morgan fingerprint density at radius 3 is 2.27 bits per heavy atom. The van der Waals surface area contributed by atoms with Crippen LogP contribution in [0.5, 0.6) is 0 Å². The van der Waals surface area contributed by atoms with E-state index in [0.29, 0.717) is 24.0 Å². The summed E-state index contributed by atoms with van der Waals surface area (Å²) in [6.45, 7) is 1.72. The number of carbonyl (C=O) groups is 1. The molecule has 2 fully saturated rings. The zero-order valence-corrected chi connectivity index (χ0v) is 17.1. The zero-order chi connectivity index (χ0) is 21.7. The molecule has 0 spiro atoms. The van der Waals surface area contributed by atoms with Gasteiger partial charge in [-0.1, -0.05) is 0 Å². The first kappa shape index (κ1) is 21.2. The minimum Gasteiger partial charge on any atom is -0.349 e. The Morgan fingerprint density at radius 2 is 1.70 bits per heavy atom. The van der Waals surface area contributed by atoms with Crippen LogP contribution < -0.4 is 10.6 Å². The summed E-state index contributed by atoms with van der Waals surface area (Å²) in [6.07, 6.45) is -7.33. The van der Waals surface area contributed by atoms with Crippen molar-refractivity contribution in [1.82, 2.24) is 13.9 Å². The van der Waals surface area contributed by atoms with E-state index in [1.807, 2.05) is 0 Å². The number of hydrazone groups is 1. The molecular weight excluding hydrogens is 531 g/mol. The third-order valence-corrected chi connectivity index (χ3v) is 6.63. The molecule has 0 aromatic heterocycles. The van der Waals surface area contributed by atoms with E-state index in [9.17, 15) is 31.1 Å². The first-order chi connectivity index (χ1) is 14.0. The number of nitrogens with zero attached hydrogens (tertiary/aromatic N) is 3. The van der Waals surface area contributed by atoms with Gasteiger partial charge in [0, 0.05) is 37.0 Å². The molecule has 1 aromatic carbocycles. The minimum absolute atomic E-state index is 0.0544. The molecule has 13 heteroatoms. The lowest BCUT2D eigenvalue weighted by Crippen LogP contribution is -2.31. The van der Waals surface area contributed by atoms with Crippen LogP contribution in [0.4, 0.5) is 26.3 Å². The number of alkyl halides is 6. The molecule has 162 valence electrons. The summed E-state index contributed by atoms with van der Waals surface area (Å²) < 4.78 is 83.3.